The molecule has 2 aromatic rings. The van der Waals surface area contributed by atoms with Crippen LogP contribution < -0.4 is 0 Å². The van der Waals surface area contributed by atoms with Crippen molar-refractivity contribution in [3.8, 4) is 11.5 Å². The molecule has 1 aliphatic rings. The van der Waals surface area contributed by atoms with Gasteiger partial charge in [-0.1, -0.05) is 30.3 Å². The van der Waals surface area contributed by atoms with Gasteiger partial charge in [0, 0.05) is 28.7 Å². The van der Waals surface area contributed by atoms with Gasteiger partial charge in [-0.15, -0.1) is 0 Å². The zero-order chi connectivity index (χ0) is 14.1. The summed E-state index contributed by atoms with van der Waals surface area (Å²) in [6.45, 7) is 0.884. The molecule has 3 rings (SSSR count). The zero-order valence-corrected chi connectivity index (χ0v) is 12.5. The van der Waals surface area contributed by atoms with Crippen molar-refractivity contribution in [2.24, 2.45) is 0 Å². The minimum absolute atomic E-state index is 0.0368. The van der Waals surface area contributed by atoms with Crippen LogP contribution in [-0.4, -0.2) is 20.7 Å². The molecule has 0 aliphatic carbocycles. The lowest BCUT2D eigenvalue weighted by molar-refractivity contribution is 0.344. The van der Waals surface area contributed by atoms with Crippen LogP contribution in [0.15, 0.2) is 42.5 Å². The maximum atomic E-state index is 9.76. The van der Waals surface area contributed by atoms with Crippen molar-refractivity contribution in [2.75, 3.05) is 6.54 Å². The molecule has 0 aromatic heterocycles. The molecule has 0 fully saturated rings. The summed E-state index contributed by atoms with van der Waals surface area (Å²) < 4.78 is 2.12. The number of hydrogen-bond acceptors (Lipinski definition) is 3. The molecule has 3 nitrogen and oxygen atoms in total. The predicted molar refractivity (Wildman–Crippen MR) is 82.0 cm³/mol. The van der Waals surface area contributed by atoms with Crippen molar-refractivity contribution >= 4 is 16.1 Å². The molecule has 104 valence electrons. The summed E-state index contributed by atoms with van der Waals surface area (Å²) in [5.74, 6) is -0.0881. The van der Waals surface area contributed by atoms with Gasteiger partial charge in [-0.2, -0.15) is 0 Å². The largest absolute Gasteiger partial charge is 0.504 e. The van der Waals surface area contributed by atoms with Gasteiger partial charge in [-0.25, -0.2) is 3.93 Å². The van der Waals surface area contributed by atoms with Crippen molar-refractivity contribution < 1.29 is 10.2 Å². The van der Waals surface area contributed by atoms with Crippen LogP contribution in [0.25, 0.3) is 0 Å². The van der Waals surface area contributed by atoms with Gasteiger partial charge in [0.05, 0.1) is 0 Å². The van der Waals surface area contributed by atoms with Crippen molar-refractivity contribution in [2.45, 2.75) is 18.9 Å². The van der Waals surface area contributed by atoms with Gasteiger partial charge in [0.1, 0.15) is 0 Å². The Hall–Kier alpha value is -1.52. The number of phenolic OH excluding ortho intramolecular Hbond substituents is 2. The minimum atomic E-state index is -0.0513. The SMILES string of the molecule is Oc1cc2c(cc1O)C(Cc1ccccc1)N(Br)CC2. The Balaban J connectivity index is 1.97. The molecule has 1 unspecified atom stereocenters. The molecule has 0 amide bonds. The van der Waals surface area contributed by atoms with Gasteiger partial charge in [0.2, 0.25) is 0 Å². The Labute approximate surface area is 126 Å². The summed E-state index contributed by atoms with van der Waals surface area (Å²) in [6, 6.07) is 13.8. The van der Waals surface area contributed by atoms with E-state index in [1.54, 1.807) is 12.1 Å². The Morgan fingerprint density at radius 3 is 2.55 bits per heavy atom. The van der Waals surface area contributed by atoms with Crippen LogP contribution >= 0.6 is 16.1 Å². The molecule has 0 saturated carbocycles. The maximum Gasteiger partial charge on any atom is 0.157 e. The van der Waals surface area contributed by atoms with E-state index in [1.807, 2.05) is 18.2 Å². The van der Waals surface area contributed by atoms with Gasteiger partial charge in [-0.3, -0.25) is 0 Å². The van der Waals surface area contributed by atoms with Crippen molar-refractivity contribution in [1.29, 1.82) is 0 Å². The summed E-state index contributed by atoms with van der Waals surface area (Å²) in [5.41, 5.74) is 3.44. The van der Waals surface area contributed by atoms with E-state index >= 15 is 0 Å². The lowest BCUT2D eigenvalue weighted by Gasteiger charge is -2.33. The highest BCUT2D eigenvalue weighted by molar-refractivity contribution is 9.07. The van der Waals surface area contributed by atoms with Gasteiger partial charge >= 0.3 is 0 Å². The first-order valence-electron chi connectivity index (χ1n) is 6.66. The number of rotatable bonds is 2. The highest BCUT2D eigenvalue weighted by Gasteiger charge is 2.27. The highest BCUT2D eigenvalue weighted by atomic mass is 79.9. The first-order chi connectivity index (χ1) is 9.65. The van der Waals surface area contributed by atoms with E-state index in [-0.39, 0.29) is 17.5 Å². The third-order valence-electron chi connectivity index (χ3n) is 3.80. The van der Waals surface area contributed by atoms with E-state index in [0.29, 0.717) is 0 Å². The van der Waals surface area contributed by atoms with Crippen LogP contribution in [-0.2, 0) is 12.8 Å². The van der Waals surface area contributed by atoms with Crippen molar-refractivity contribution in [3.63, 3.8) is 0 Å². The van der Waals surface area contributed by atoms with E-state index < -0.39 is 0 Å². The summed E-state index contributed by atoms with van der Waals surface area (Å²) in [5, 5.41) is 19.4. The molecule has 1 aliphatic heterocycles. The summed E-state index contributed by atoms with van der Waals surface area (Å²) in [4.78, 5) is 0. The Bertz CT molecular complexity index is 615. The fourth-order valence-corrected chi connectivity index (χ4v) is 3.29. The maximum absolute atomic E-state index is 9.76. The molecule has 0 spiro atoms. The van der Waals surface area contributed by atoms with E-state index in [0.717, 1.165) is 30.5 Å². The molecular formula is C16H16BrNO2. The van der Waals surface area contributed by atoms with E-state index in [2.05, 4.69) is 32.2 Å². The van der Waals surface area contributed by atoms with Crippen LogP contribution in [0.2, 0.25) is 0 Å². The normalized spacial score (nSPS) is 18.8. The average molecular weight is 334 g/mol. The number of aromatic hydroxyl groups is 2. The van der Waals surface area contributed by atoms with Crippen LogP contribution in [0, 0.1) is 0 Å². The van der Waals surface area contributed by atoms with Gasteiger partial charge in [-0.05, 0) is 41.7 Å². The van der Waals surface area contributed by atoms with Gasteiger partial charge in [0.15, 0.2) is 11.5 Å². The van der Waals surface area contributed by atoms with E-state index in [4.69, 9.17) is 0 Å². The summed E-state index contributed by atoms with van der Waals surface area (Å²) in [7, 11) is 0. The number of nitrogens with zero attached hydrogens (tertiary/aromatic N) is 1. The first-order valence-corrected chi connectivity index (χ1v) is 7.37. The molecule has 1 atom stereocenters. The second kappa shape index (κ2) is 5.46. The Kier molecular flexibility index (Phi) is 3.68. The van der Waals surface area contributed by atoms with E-state index in [9.17, 15) is 10.2 Å². The molecule has 0 radical (unpaired) electrons. The predicted octanol–water partition coefficient (Wildman–Crippen LogP) is 3.55. The Morgan fingerprint density at radius 1 is 1.10 bits per heavy atom. The Morgan fingerprint density at radius 2 is 1.80 bits per heavy atom. The number of phenols is 2. The summed E-state index contributed by atoms with van der Waals surface area (Å²) >= 11 is 3.61. The molecule has 20 heavy (non-hydrogen) atoms. The fourth-order valence-electron chi connectivity index (χ4n) is 2.74. The van der Waals surface area contributed by atoms with Gasteiger partial charge < -0.3 is 10.2 Å². The molecule has 2 N–H and O–H groups in total. The van der Waals surface area contributed by atoms with Crippen LogP contribution in [0.5, 0.6) is 11.5 Å². The van der Waals surface area contributed by atoms with Crippen molar-refractivity contribution in [3.05, 3.63) is 59.2 Å². The van der Waals surface area contributed by atoms with Crippen LogP contribution in [0.4, 0.5) is 0 Å². The monoisotopic (exact) mass is 333 g/mol. The quantitative estimate of drug-likeness (QED) is 0.652. The molecule has 2 aromatic carbocycles. The number of fused-ring (bicyclic) bond motifs is 1. The smallest absolute Gasteiger partial charge is 0.157 e. The molecule has 0 saturated heterocycles. The van der Waals surface area contributed by atoms with Crippen molar-refractivity contribution in [1.82, 2.24) is 3.93 Å². The molecule has 0 bridgehead atoms. The van der Waals surface area contributed by atoms with E-state index in [1.165, 1.54) is 5.56 Å². The minimum Gasteiger partial charge on any atom is -0.504 e. The third kappa shape index (κ3) is 2.53. The second-order valence-electron chi connectivity index (χ2n) is 5.12. The topological polar surface area (TPSA) is 43.7 Å². The standard InChI is InChI=1S/C16H16BrNO2/c17-18-7-6-12-9-15(19)16(20)10-13(12)14(18)8-11-4-2-1-3-5-11/h1-5,9-10,14,19-20H,6-8H2. The third-order valence-corrected chi connectivity index (χ3v) is 4.65. The van der Waals surface area contributed by atoms with Crippen LogP contribution in [0.3, 0.4) is 0 Å². The lowest BCUT2D eigenvalue weighted by Crippen LogP contribution is -2.29. The number of hydrogen-bond donors (Lipinski definition) is 2. The second-order valence-corrected chi connectivity index (χ2v) is 6.03. The highest BCUT2D eigenvalue weighted by Crippen LogP contribution is 2.39. The zero-order valence-electron chi connectivity index (χ0n) is 11.0. The first kappa shape index (κ1) is 13.5. The molecule has 4 heteroatoms. The molecule has 1 heterocycles. The average Bonchev–Trinajstić information content (AvgIpc) is 2.45. The number of halogens is 1. The fraction of sp³-hybridized carbons (Fsp3) is 0.250. The molecular weight excluding hydrogens is 318 g/mol. The summed E-state index contributed by atoms with van der Waals surface area (Å²) in [6.07, 6.45) is 1.73. The van der Waals surface area contributed by atoms with Crippen LogP contribution in [0.1, 0.15) is 22.7 Å². The van der Waals surface area contributed by atoms with Gasteiger partial charge in [0.25, 0.3) is 0 Å². The number of benzene rings is 2. The lowest BCUT2D eigenvalue weighted by atomic mass is 9.90.